The van der Waals surface area contributed by atoms with E-state index in [0.29, 0.717) is 0 Å². The fraction of sp³-hybridized carbons (Fsp3) is 0.769. The standard InChI is InChI=1S/C13H21ClN4/c1-3-11-13(14)12(17(2)16-11)8-18-6-9-4-15-5-10(9)7-18/h9-10,15H,3-8H2,1-2H3. The number of aryl methyl sites for hydroxylation is 2. The first-order valence-corrected chi connectivity index (χ1v) is 7.20. The summed E-state index contributed by atoms with van der Waals surface area (Å²) in [5.41, 5.74) is 2.19. The molecule has 0 aliphatic carbocycles. The van der Waals surface area contributed by atoms with E-state index in [1.807, 2.05) is 11.7 Å². The summed E-state index contributed by atoms with van der Waals surface area (Å²) >= 11 is 6.41. The van der Waals surface area contributed by atoms with Crippen LogP contribution in [0.5, 0.6) is 0 Å². The largest absolute Gasteiger partial charge is 0.316 e. The van der Waals surface area contributed by atoms with E-state index >= 15 is 0 Å². The van der Waals surface area contributed by atoms with E-state index in [-0.39, 0.29) is 0 Å². The molecule has 0 bridgehead atoms. The number of aromatic nitrogens is 2. The van der Waals surface area contributed by atoms with Crippen LogP contribution < -0.4 is 5.32 Å². The molecule has 100 valence electrons. The predicted molar refractivity (Wildman–Crippen MR) is 72.7 cm³/mol. The zero-order valence-corrected chi connectivity index (χ0v) is 11.9. The Balaban J connectivity index is 1.72. The van der Waals surface area contributed by atoms with Gasteiger partial charge in [0.2, 0.25) is 0 Å². The van der Waals surface area contributed by atoms with Gasteiger partial charge in [-0.05, 0) is 31.3 Å². The van der Waals surface area contributed by atoms with Crippen molar-refractivity contribution in [3.63, 3.8) is 0 Å². The van der Waals surface area contributed by atoms with Crippen molar-refractivity contribution in [2.75, 3.05) is 26.2 Å². The Hall–Kier alpha value is -0.580. The Labute approximate surface area is 113 Å². The minimum absolute atomic E-state index is 0.836. The van der Waals surface area contributed by atoms with Crippen molar-refractivity contribution in [1.82, 2.24) is 20.0 Å². The van der Waals surface area contributed by atoms with Crippen molar-refractivity contribution < 1.29 is 0 Å². The number of hydrogen-bond donors (Lipinski definition) is 1. The number of fused-ring (bicyclic) bond motifs is 1. The third-order valence-corrected chi connectivity index (χ3v) is 4.78. The lowest BCUT2D eigenvalue weighted by atomic mass is 10.0. The average Bonchev–Trinajstić information content (AvgIpc) is 2.97. The van der Waals surface area contributed by atoms with Gasteiger partial charge in [-0.15, -0.1) is 0 Å². The molecule has 1 N–H and O–H groups in total. The smallest absolute Gasteiger partial charge is 0.0863 e. The molecule has 2 atom stereocenters. The van der Waals surface area contributed by atoms with Gasteiger partial charge < -0.3 is 5.32 Å². The summed E-state index contributed by atoms with van der Waals surface area (Å²) < 4.78 is 1.95. The molecule has 2 unspecified atom stereocenters. The molecule has 0 saturated carbocycles. The summed E-state index contributed by atoms with van der Waals surface area (Å²) in [5, 5.41) is 8.83. The average molecular weight is 269 g/mol. The summed E-state index contributed by atoms with van der Waals surface area (Å²) in [6.45, 7) is 7.79. The Morgan fingerprint density at radius 3 is 2.56 bits per heavy atom. The lowest BCUT2D eigenvalue weighted by Crippen LogP contribution is -2.26. The second kappa shape index (κ2) is 4.83. The third-order valence-electron chi connectivity index (χ3n) is 4.34. The Bertz CT molecular complexity index is 430. The molecule has 2 saturated heterocycles. The highest BCUT2D eigenvalue weighted by molar-refractivity contribution is 6.31. The van der Waals surface area contributed by atoms with Gasteiger partial charge in [-0.25, -0.2) is 0 Å². The van der Waals surface area contributed by atoms with Gasteiger partial charge in [0.1, 0.15) is 0 Å². The van der Waals surface area contributed by atoms with Crippen LogP contribution in [-0.2, 0) is 20.0 Å². The minimum atomic E-state index is 0.836. The van der Waals surface area contributed by atoms with Gasteiger partial charge in [-0.1, -0.05) is 18.5 Å². The van der Waals surface area contributed by atoms with Crippen LogP contribution in [0.3, 0.4) is 0 Å². The van der Waals surface area contributed by atoms with Crippen LogP contribution in [-0.4, -0.2) is 40.9 Å². The van der Waals surface area contributed by atoms with E-state index < -0.39 is 0 Å². The molecule has 2 aliphatic rings. The monoisotopic (exact) mass is 268 g/mol. The molecule has 2 fully saturated rings. The summed E-state index contributed by atoms with van der Waals surface area (Å²) in [6, 6.07) is 0. The number of nitrogens with zero attached hydrogens (tertiary/aromatic N) is 3. The topological polar surface area (TPSA) is 33.1 Å². The highest BCUT2D eigenvalue weighted by atomic mass is 35.5. The molecule has 5 heteroatoms. The van der Waals surface area contributed by atoms with Crippen LogP contribution in [0.1, 0.15) is 18.3 Å². The normalized spacial score (nSPS) is 27.9. The molecule has 0 spiro atoms. The first kappa shape index (κ1) is 12.5. The summed E-state index contributed by atoms with van der Waals surface area (Å²) in [5.74, 6) is 1.67. The number of halogens is 1. The molecule has 3 rings (SSSR count). The van der Waals surface area contributed by atoms with Gasteiger partial charge in [0.05, 0.1) is 16.4 Å². The number of likely N-dealkylation sites (tertiary alicyclic amines) is 1. The molecule has 1 aromatic heterocycles. The summed E-state index contributed by atoms with van der Waals surface area (Å²) in [7, 11) is 2.00. The van der Waals surface area contributed by atoms with E-state index in [9.17, 15) is 0 Å². The fourth-order valence-corrected chi connectivity index (χ4v) is 3.64. The maximum Gasteiger partial charge on any atom is 0.0863 e. The molecule has 0 aromatic carbocycles. The molecule has 1 aromatic rings. The van der Waals surface area contributed by atoms with Gasteiger partial charge in [-0.2, -0.15) is 5.10 Å². The van der Waals surface area contributed by atoms with Crippen molar-refractivity contribution in [1.29, 1.82) is 0 Å². The van der Waals surface area contributed by atoms with Gasteiger partial charge in [0.15, 0.2) is 0 Å². The van der Waals surface area contributed by atoms with Crippen LogP contribution in [0, 0.1) is 11.8 Å². The molecule has 4 nitrogen and oxygen atoms in total. The first-order valence-electron chi connectivity index (χ1n) is 6.82. The quantitative estimate of drug-likeness (QED) is 0.897. The van der Waals surface area contributed by atoms with Crippen LogP contribution in [0.25, 0.3) is 0 Å². The van der Waals surface area contributed by atoms with Gasteiger partial charge in [-0.3, -0.25) is 9.58 Å². The van der Waals surface area contributed by atoms with Gasteiger partial charge >= 0.3 is 0 Å². The molecular formula is C13H21ClN4. The maximum atomic E-state index is 6.41. The van der Waals surface area contributed by atoms with E-state index in [4.69, 9.17) is 11.6 Å². The summed E-state index contributed by atoms with van der Waals surface area (Å²) in [4.78, 5) is 2.53. The lowest BCUT2D eigenvalue weighted by Gasteiger charge is -2.17. The van der Waals surface area contributed by atoms with Crippen molar-refractivity contribution in [2.45, 2.75) is 19.9 Å². The lowest BCUT2D eigenvalue weighted by molar-refractivity contribution is 0.297. The SMILES string of the molecule is CCc1nn(C)c(CN2CC3CNCC3C2)c1Cl. The fourth-order valence-electron chi connectivity index (χ4n) is 3.29. The van der Waals surface area contributed by atoms with E-state index in [1.54, 1.807) is 0 Å². The molecule has 0 radical (unpaired) electrons. The second-order valence-electron chi connectivity index (χ2n) is 5.56. The summed E-state index contributed by atoms with van der Waals surface area (Å²) in [6.07, 6.45) is 0.905. The first-order chi connectivity index (χ1) is 8.69. The van der Waals surface area contributed by atoms with E-state index in [0.717, 1.165) is 35.5 Å². The van der Waals surface area contributed by atoms with Gasteiger partial charge in [0.25, 0.3) is 0 Å². The Morgan fingerprint density at radius 1 is 1.33 bits per heavy atom. The van der Waals surface area contributed by atoms with E-state index in [1.165, 1.54) is 31.9 Å². The van der Waals surface area contributed by atoms with Crippen molar-refractivity contribution >= 4 is 11.6 Å². The van der Waals surface area contributed by atoms with Crippen LogP contribution in [0.15, 0.2) is 0 Å². The maximum absolute atomic E-state index is 6.41. The van der Waals surface area contributed by atoms with Crippen molar-refractivity contribution in [3.8, 4) is 0 Å². The van der Waals surface area contributed by atoms with E-state index in [2.05, 4.69) is 22.2 Å². The number of rotatable bonds is 3. The van der Waals surface area contributed by atoms with Crippen LogP contribution >= 0.6 is 11.6 Å². The highest BCUT2D eigenvalue weighted by Gasteiger charge is 2.36. The van der Waals surface area contributed by atoms with Crippen molar-refractivity contribution in [2.24, 2.45) is 18.9 Å². The predicted octanol–water partition coefficient (Wildman–Crippen LogP) is 1.29. The molecule has 2 aliphatic heterocycles. The highest BCUT2D eigenvalue weighted by Crippen LogP contribution is 2.29. The number of hydrogen-bond acceptors (Lipinski definition) is 3. The zero-order valence-electron chi connectivity index (χ0n) is 11.1. The minimum Gasteiger partial charge on any atom is -0.316 e. The zero-order chi connectivity index (χ0) is 12.7. The molecule has 3 heterocycles. The number of nitrogens with one attached hydrogen (secondary N) is 1. The molecule has 0 amide bonds. The third kappa shape index (κ3) is 2.06. The Kier molecular flexibility index (Phi) is 3.34. The van der Waals surface area contributed by atoms with Gasteiger partial charge in [0, 0.05) is 26.7 Å². The second-order valence-corrected chi connectivity index (χ2v) is 5.93. The van der Waals surface area contributed by atoms with Crippen LogP contribution in [0.2, 0.25) is 5.02 Å². The van der Waals surface area contributed by atoms with Crippen LogP contribution in [0.4, 0.5) is 0 Å². The van der Waals surface area contributed by atoms with Crippen molar-refractivity contribution in [3.05, 3.63) is 16.4 Å². The molecule has 18 heavy (non-hydrogen) atoms. The Morgan fingerprint density at radius 2 is 2.00 bits per heavy atom. The molecular weight excluding hydrogens is 248 g/mol.